The number of nitriles is 1. The summed E-state index contributed by atoms with van der Waals surface area (Å²) in [5.41, 5.74) is -17.0. The van der Waals surface area contributed by atoms with Gasteiger partial charge in [-0.1, -0.05) is 0 Å². The number of fused-ring (bicyclic) bond motifs is 6. The van der Waals surface area contributed by atoms with Crippen LogP contribution in [0.5, 0.6) is 0 Å². The molecule has 0 amide bonds. The lowest BCUT2D eigenvalue weighted by Gasteiger charge is -2.18. The number of rotatable bonds is 0. The Kier molecular flexibility index (Phi) is 5.60. The van der Waals surface area contributed by atoms with Gasteiger partial charge in [0, 0.05) is 10.8 Å². The summed E-state index contributed by atoms with van der Waals surface area (Å²) in [6.07, 6.45) is -23.3. The highest BCUT2D eigenvalue weighted by Gasteiger charge is 2.49. The van der Waals surface area contributed by atoms with Gasteiger partial charge in [-0.15, -0.1) is 0 Å². The molecule has 0 aliphatic heterocycles. The molecule has 4 aromatic rings. The average molecular weight is 554 g/mol. The van der Waals surface area contributed by atoms with Crippen LogP contribution in [-0.2, 0) is 24.7 Å². The molecular formula is C20H2F12N6. The van der Waals surface area contributed by atoms with Crippen LogP contribution in [0.15, 0.2) is 12.1 Å². The van der Waals surface area contributed by atoms with Crippen molar-refractivity contribution in [2.75, 3.05) is 0 Å². The normalized spacial score (nSPS) is 13.2. The van der Waals surface area contributed by atoms with E-state index in [9.17, 15) is 57.9 Å². The zero-order chi connectivity index (χ0) is 28.6. The number of halogens is 12. The molecule has 6 nitrogen and oxygen atoms in total. The van der Waals surface area contributed by atoms with E-state index in [1.165, 1.54) is 6.07 Å². The number of benzene rings is 2. The molecule has 0 bridgehead atoms. The third-order valence-corrected chi connectivity index (χ3v) is 4.98. The topological polar surface area (TPSA) is 79.7 Å². The SMILES string of the molecule is [C-]#[N+]c1cc2c(cc1C#N)c1nc(C(F)(F)F)c(C(F)(F)F)nc1c1nc(C(F)(F)F)c(C(F)(F)F)nc21. The van der Waals surface area contributed by atoms with Crippen molar-refractivity contribution in [3.63, 3.8) is 0 Å². The number of aromatic nitrogens is 4. The van der Waals surface area contributed by atoms with Crippen molar-refractivity contribution >= 4 is 38.5 Å². The molecule has 0 atom stereocenters. The quantitative estimate of drug-likeness (QED) is 0.130. The van der Waals surface area contributed by atoms with E-state index in [0.717, 1.165) is 0 Å². The minimum atomic E-state index is -5.87. The molecule has 0 saturated carbocycles. The van der Waals surface area contributed by atoms with Crippen molar-refractivity contribution in [1.82, 2.24) is 19.9 Å². The van der Waals surface area contributed by atoms with Crippen molar-refractivity contribution in [1.29, 1.82) is 5.26 Å². The third kappa shape index (κ3) is 4.21. The Labute approximate surface area is 200 Å². The van der Waals surface area contributed by atoms with Crippen LogP contribution in [0.25, 0.3) is 37.7 Å². The Bertz CT molecular complexity index is 1610. The van der Waals surface area contributed by atoms with Crippen molar-refractivity contribution < 1.29 is 52.7 Å². The molecule has 196 valence electrons. The van der Waals surface area contributed by atoms with Gasteiger partial charge in [0.1, 0.15) is 11.0 Å². The van der Waals surface area contributed by atoms with Crippen molar-refractivity contribution in [3.05, 3.63) is 51.9 Å². The number of nitrogens with zero attached hydrogens (tertiary/aromatic N) is 6. The number of alkyl halides is 12. The molecule has 0 aliphatic rings. The standard InChI is InChI=1S/C20H2F12N6/c1-34-8-3-7-6(2-5(8)4-33)9-11(37-15(19(27,28)29)13(35-9)17(21,22)23)12-10(7)36-14(18(24,25)26)16(38-12)20(30,31)32/h2-3H. The summed E-state index contributed by atoms with van der Waals surface area (Å²) in [4.78, 5) is 14.4. The van der Waals surface area contributed by atoms with E-state index in [1.54, 1.807) is 0 Å². The van der Waals surface area contributed by atoms with Gasteiger partial charge in [0.2, 0.25) is 5.69 Å². The van der Waals surface area contributed by atoms with Gasteiger partial charge >= 0.3 is 24.7 Å². The minimum Gasteiger partial charge on any atom is -0.239 e. The minimum absolute atomic E-state index is 0.584. The predicted octanol–water partition coefficient (Wildman–Crippen LogP) is 7.22. The highest BCUT2D eigenvalue weighted by Crippen LogP contribution is 2.45. The van der Waals surface area contributed by atoms with Crippen LogP contribution in [0.2, 0.25) is 0 Å². The van der Waals surface area contributed by atoms with Crippen LogP contribution in [-0.4, -0.2) is 19.9 Å². The molecule has 0 fully saturated rings. The van der Waals surface area contributed by atoms with Crippen LogP contribution in [0.4, 0.5) is 58.4 Å². The fourth-order valence-electron chi connectivity index (χ4n) is 3.53. The second-order valence-corrected chi connectivity index (χ2v) is 7.37. The molecule has 38 heavy (non-hydrogen) atoms. The lowest BCUT2D eigenvalue weighted by Crippen LogP contribution is -2.22. The maximum absolute atomic E-state index is 13.5. The first-order chi connectivity index (χ1) is 17.3. The molecule has 0 unspecified atom stereocenters. The molecule has 4 rings (SSSR count). The average Bonchev–Trinajstić information content (AvgIpc) is 2.79. The Balaban J connectivity index is 2.42. The maximum atomic E-state index is 13.5. The first-order valence-corrected chi connectivity index (χ1v) is 9.38. The van der Waals surface area contributed by atoms with E-state index < -0.39 is 91.6 Å². The molecule has 0 aliphatic carbocycles. The van der Waals surface area contributed by atoms with Crippen LogP contribution in [0.1, 0.15) is 28.3 Å². The van der Waals surface area contributed by atoms with Crippen molar-refractivity contribution in [2.24, 2.45) is 0 Å². The highest BCUT2D eigenvalue weighted by molar-refractivity contribution is 6.21. The van der Waals surface area contributed by atoms with Crippen molar-refractivity contribution in [3.8, 4) is 6.07 Å². The lowest BCUT2D eigenvalue weighted by molar-refractivity contribution is -0.167. The summed E-state index contributed by atoms with van der Waals surface area (Å²) in [7, 11) is 0. The largest absolute Gasteiger partial charge is 0.435 e. The molecule has 0 spiro atoms. The van der Waals surface area contributed by atoms with Gasteiger partial charge < -0.3 is 0 Å². The zero-order valence-corrected chi connectivity index (χ0v) is 17.4. The molecular weight excluding hydrogens is 552 g/mol. The summed E-state index contributed by atoms with van der Waals surface area (Å²) in [6.45, 7) is 7.11. The fourth-order valence-corrected chi connectivity index (χ4v) is 3.53. The molecule has 0 N–H and O–H groups in total. The zero-order valence-electron chi connectivity index (χ0n) is 17.4. The Morgan fingerprint density at radius 3 is 1.18 bits per heavy atom. The Morgan fingerprint density at radius 1 is 0.579 bits per heavy atom. The smallest absolute Gasteiger partial charge is 0.239 e. The fraction of sp³-hybridized carbons (Fsp3) is 0.200. The molecule has 0 saturated heterocycles. The summed E-state index contributed by atoms with van der Waals surface area (Å²) in [5, 5.41) is 7.76. The van der Waals surface area contributed by atoms with E-state index in [4.69, 9.17) is 6.57 Å². The molecule has 2 aromatic heterocycles. The predicted molar refractivity (Wildman–Crippen MR) is 101 cm³/mol. The van der Waals surface area contributed by atoms with Gasteiger partial charge in [0.25, 0.3) is 0 Å². The molecule has 2 heterocycles. The second-order valence-electron chi connectivity index (χ2n) is 7.37. The third-order valence-electron chi connectivity index (χ3n) is 4.98. The highest BCUT2D eigenvalue weighted by atomic mass is 19.4. The first-order valence-electron chi connectivity index (χ1n) is 9.38. The molecule has 2 aromatic carbocycles. The van der Waals surface area contributed by atoms with Crippen LogP contribution in [0, 0.1) is 17.9 Å². The second kappa shape index (κ2) is 8.01. The Hall–Kier alpha value is -4.48. The van der Waals surface area contributed by atoms with E-state index in [-0.39, 0.29) is 0 Å². The van der Waals surface area contributed by atoms with E-state index >= 15 is 0 Å². The number of hydrogen-bond donors (Lipinski definition) is 0. The maximum Gasteiger partial charge on any atom is 0.435 e. The van der Waals surface area contributed by atoms with Gasteiger partial charge in [-0.3, -0.25) is 0 Å². The van der Waals surface area contributed by atoms with Crippen molar-refractivity contribution in [2.45, 2.75) is 24.7 Å². The summed E-state index contributed by atoms with van der Waals surface area (Å²) >= 11 is 0. The van der Waals surface area contributed by atoms with Gasteiger partial charge in [0.15, 0.2) is 22.8 Å². The summed E-state index contributed by atoms with van der Waals surface area (Å²) in [6, 6.07) is 2.71. The van der Waals surface area contributed by atoms with Crippen LogP contribution >= 0.6 is 0 Å². The summed E-state index contributed by atoms with van der Waals surface area (Å²) in [5.74, 6) is 0. The summed E-state index contributed by atoms with van der Waals surface area (Å²) < 4.78 is 162. The molecule has 0 radical (unpaired) electrons. The molecule has 18 heteroatoms. The van der Waals surface area contributed by atoms with E-state index in [0.29, 0.717) is 12.1 Å². The van der Waals surface area contributed by atoms with Crippen LogP contribution in [0.3, 0.4) is 0 Å². The Morgan fingerprint density at radius 2 is 0.895 bits per heavy atom. The van der Waals surface area contributed by atoms with E-state index in [1.807, 2.05) is 0 Å². The van der Waals surface area contributed by atoms with Crippen LogP contribution < -0.4 is 0 Å². The monoisotopic (exact) mass is 554 g/mol. The lowest BCUT2D eigenvalue weighted by atomic mass is 10.0. The van der Waals surface area contributed by atoms with Gasteiger partial charge in [-0.2, -0.15) is 57.9 Å². The van der Waals surface area contributed by atoms with Gasteiger partial charge in [-0.05, 0) is 12.1 Å². The van der Waals surface area contributed by atoms with Gasteiger partial charge in [-0.25, -0.2) is 24.8 Å². The van der Waals surface area contributed by atoms with E-state index in [2.05, 4.69) is 24.8 Å². The number of hydrogen-bond acceptors (Lipinski definition) is 5. The van der Waals surface area contributed by atoms with Gasteiger partial charge in [0.05, 0.1) is 29.2 Å². The first kappa shape index (κ1) is 26.6.